The minimum Gasteiger partial charge on any atom is -0.338 e. The van der Waals surface area contributed by atoms with E-state index in [-0.39, 0.29) is 17.4 Å². The van der Waals surface area contributed by atoms with E-state index >= 15 is 0 Å². The number of amides is 1. The molecule has 0 radical (unpaired) electrons. The summed E-state index contributed by atoms with van der Waals surface area (Å²) in [6, 6.07) is 11.1. The molecule has 0 saturated carbocycles. The second-order valence-corrected chi connectivity index (χ2v) is 7.89. The number of piperidine rings is 1. The van der Waals surface area contributed by atoms with Gasteiger partial charge in [-0.05, 0) is 24.9 Å². The Morgan fingerprint density at radius 2 is 2.08 bits per heavy atom. The average Bonchev–Trinajstić information content (AvgIpc) is 3.23. The minimum absolute atomic E-state index is 0.117. The van der Waals surface area contributed by atoms with Crippen LogP contribution in [-0.2, 0) is 16.8 Å². The molecule has 0 spiro atoms. The van der Waals surface area contributed by atoms with Crippen molar-refractivity contribution in [2.24, 2.45) is 0 Å². The van der Waals surface area contributed by atoms with E-state index < -0.39 is 0 Å². The number of hydrogen-bond acceptors (Lipinski definition) is 4. The average molecular weight is 341 g/mol. The number of likely N-dealkylation sites (tertiary alicyclic amines) is 2. The van der Waals surface area contributed by atoms with Crippen molar-refractivity contribution in [3.8, 4) is 0 Å². The smallest absolute Gasteiger partial charge is 0.219 e. The molecular weight excluding hydrogens is 318 g/mol. The van der Waals surface area contributed by atoms with Crippen LogP contribution in [0.5, 0.6) is 0 Å². The third-order valence-corrected chi connectivity index (χ3v) is 6.48. The van der Waals surface area contributed by atoms with Gasteiger partial charge in [-0.3, -0.25) is 9.69 Å². The van der Waals surface area contributed by atoms with Crippen molar-refractivity contribution in [1.82, 2.24) is 14.8 Å². The van der Waals surface area contributed by atoms with Gasteiger partial charge >= 0.3 is 0 Å². The lowest BCUT2D eigenvalue weighted by Gasteiger charge is -2.46. The van der Waals surface area contributed by atoms with Crippen molar-refractivity contribution in [3.63, 3.8) is 0 Å². The Kier molecular flexibility index (Phi) is 4.14. The molecule has 5 heteroatoms. The highest BCUT2D eigenvalue weighted by Gasteiger charge is 2.51. The number of rotatable bonds is 3. The van der Waals surface area contributed by atoms with Crippen molar-refractivity contribution >= 4 is 17.2 Å². The summed E-state index contributed by atoms with van der Waals surface area (Å²) in [7, 11) is 0. The maximum Gasteiger partial charge on any atom is 0.219 e. The van der Waals surface area contributed by atoms with E-state index in [1.54, 1.807) is 18.3 Å². The molecule has 0 unspecified atom stereocenters. The molecule has 126 valence electrons. The quantitative estimate of drug-likeness (QED) is 0.861. The summed E-state index contributed by atoms with van der Waals surface area (Å²) in [6.07, 6.45) is 4.05. The molecule has 3 heterocycles. The van der Waals surface area contributed by atoms with Crippen LogP contribution in [0.2, 0.25) is 0 Å². The molecule has 2 fully saturated rings. The summed E-state index contributed by atoms with van der Waals surface area (Å²) < 4.78 is 0. The number of benzene rings is 1. The van der Waals surface area contributed by atoms with E-state index in [1.807, 2.05) is 11.6 Å². The standard InChI is InChI=1S/C19H23N3OS/c1-15(23)22-11-8-19(16-5-3-2-4-6-16)7-10-21(13-17(19)22)14-18-20-9-12-24-18/h2-6,9,12,17H,7-8,10-11,13-14H2,1H3/t17-,19-/m1/s1. The largest absolute Gasteiger partial charge is 0.338 e. The molecule has 0 aliphatic carbocycles. The van der Waals surface area contributed by atoms with Crippen LogP contribution >= 0.6 is 11.3 Å². The first-order chi connectivity index (χ1) is 11.7. The van der Waals surface area contributed by atoms with E-state index in [0.29, 0.717) is 0 Å². The van der Waals surface area contributed by atoms with Gasteiger partial charge in [0.1, 0.15) is 5.01 Å². The highest BCUT2D eigenvalue weighted by atomic mass is 32.1. The predicted octanol–water partition coefficient (Wildman–Crippen LogP) is 2.91. The van der Waals surface area contributed by atoms with Crippen molar-refractivity contribution in [1.29, 1.82) is 0 Å². The number of aromatic nitrogens is 1. The van der Waals surface area contributed by atoms with Gasteiger partial charge in [-0.15, -0.1) is 11.3 Å². The molecule has 1 amide bonds. The molecule has 2 aromatic rings. The molecular formula is C19H23N3OS. The second-order valence-electron chi connectivity index (χ2n) is 6.91. The molecule has 4 nitrogen and oxygen atoms in total. The van der Waals surface area contributed by atoms with Crippen LogP contribution in [0.1, 0.15) is 30.3 Å². The highest BCUT2D eigenvalue weighted by Crippen LogP contribution is 2.46. The van der Waals surface area contributed by atoms with Crippen molar-refractivity contribution in [2.75, 3.05) is 19.6 Å². The van der Waals surface area contributed by atoms with Gasteiger partial charge in [0.25, 0.3) is 0 Å². The fourth-order valence-electron chi connectivity index (χ4n) is 4.49. The second kappa shape index (κ2) is 6.30. The maximum atomic E-state index is 12.2. The van der Waals surface area contributed by atoms with Gasteiger partial charge in [0.2, 0.25) is 5.91 Å². The molecule has 2 atom stereocenters. The lowest BCUT2D eigenvalue weighted by molar-refractivity contribution is -0.131. The topological polar surface area (TPSA) is 36.4 Å². The molecule has 2 aliphatic heterocycles. The fraction of sp³-hybridized carbons (Fsp3) is 0.474. The summed E-state index contributed by atoms with van der Waals surface area (Å²) in [5.41, 5.74) is 1.51. The first-order valence-corrected chi connectivity index (χ1v) is 9.50. The lowest BCUT2D eigenvalue weighted by Crippen LogP contribution is -2.56. The number of carbonyl (C=O) groups excluding carboxylic acids is 1. The van der Waals surface area contributed by atoms with Gasteiger partial charge < -0.3 is 4.90 Å². The number of fused-ring (bicyclic) bond motifs is 1. The summed E-state index contributed by atoms with van der Waals surface area (Å²) in [5.74, 6) is 0.203. The van der Waals surface area contributed by atoms with Crippen LogP contribution < -0.4 is 0 Å². The van der Waals surface area contributed by atoms with E-state index in [4.69, 9.17) is 0 Å². The number of hydrogen-bond donors (Lipinski definition) is 0. The van der Waals surface area contributed by atoms with Crippen LogP contribution in [0.4, 0.5) is 0 Å². The number of nitrogens with zero attached hydrogens (tertiary/aromatic N) is 3. The molecule has 4 rings (SSSR count). The molecule has 0 bridgehead atoms. The molecule has 2 aliphatic rings. The van der Waals surface area contributed by atoms with Gasteiger partial charge in [0.15, 0.2) is 0 Å². The molecule has 0 N–H and O–H groups in total. The summed E-state index contributed by atoms with van der Waals surface area (Å²) >= 11 is 1.71. The van der Waals surface area contributed by atoms with Gasteiger partial charge in [-0.25, -0.2) is 4.98 Å². The SMILES string of the molecule is CC(=O)N1CC[C@@]2(c3ccccc3)CCN(Cc3nccs3)C[C@@H]12. The Morgan fingerprint density at radius 1 is 1.29 bits per heavy atom. The van der Waals surface area contributed by atoms with Crippen molar-refractivity contribution in [2.45, 2.75) is 37.8 Å². The predicted molar refractivity (Wildman–Crippen MR) is 95.9 cm³/mol. The maximum absolute atomic E-state index is 12.2. The first kappa shape index (κ1) is 15.8. The van der Waals surface area contributed by atoms with Crippen LogP contribution in [0.25, 0.3) is 0 Å². The highest BCUT2D eigenvalue weighted by molar-refractivity contribution is 7.09. The Balaban J connectivity index is 1.62. The Hall–Kier alpha value is -1.72. The Labute approximate surface area is 147 Å². The van der Waals surface area contributed by atoms with Gasteiger partial charge in [-0.2, -0.15) is 0 Å². The molecule has 2 saturated heterocycles. The zero-order chi connectivity index (χ0) is 16.6. The molecule has 1 aromatic carbocycles. The normalized spacial score (nSPS) is 27.2. The number of thiazole rings is 1. The van der Waals surface area contributed by atoms with Crippen molar-refractivity contribution < 1.29 is 4.79 Å². The summed E-state index contributed by atoms with van der Waals surface area (Å²) in [4.78, 5) is 21.2. The Morgan fingerprint density at radius 3 is 2.79 bits per heavy atom. The molecule has 1 aromatic heterocycles. The zero-order valence-corrected chi connectivity index (χ0v) is 14.8. The van der Waals surface area contributed by atoms with Crippen LogP contribution in [0.3, 0.4) is 0 Å². The van der Waals surface area contributed by atoms with Crippen LogP contribution in [0.15, 0.2) is 41.9 Å². The minimum atomic E-state index is 0.117. The lowest BCUT2D eigenvalue weighted by atomic mass is 9.69. The monoisotopic (exact) mass is 341 g/mol. The Bertz CT molecular complexity index is 703. The third-order valence-electron chi connectivity index (χ3n) is 5.71. The third kappa shape index (κ3) is 2.66. The van der Waals surface area contributed by atoms with E-state index in [0.717, 1.165) is 44.0 Å². The molecule has 24 heavy (non-hydrogen) atoms. The zero-order valence-electron chi connectivity index (χ0n) is 14.0. The van der Waals surface area contributed by atoms with Gasteiger partial charge in [0, 0.05) is 37.0 Å². The fourth-order valence-corrected chi connectivity index (χ4v) is 5.15. The first-order valence-electron chi connectivity index (χ1n) is 8.62. The van der Waals surface area contributed by atoms with E-state index in [2.05, 4.69) is 45.1 Å². The van der Waals surface area contributed by atoms with Crippen molar-refractivity contribution in [3.05, 3.63) is 52.5 Å². The van der Waals surface area contributed by atoms with Gasteiger partial charge in [0.05, 0.1) is 12.6 Å². The summed E-state index contributed by atoms with van der Waals surface area (Å²) in [6.45, 7) is 5.48. The van der Waals surface area contributed by atoms with E-state index in [1.165, 1.54) is 5.56 Å². The van der Waals surface area contributed by atoms with Crippen LogP contribution in [0, 0.1) is 0 Å². The van der Waals surface area contributed by atoms with Crippen LogP contribution in [-0.4, -0.2) is 46.4 Å². The van der Waals surface area contributed by atoms with E-state index in [9.17, 15) is 4.79 Å². The summed E-state index contributed by atoms with van der Waals surface area (Å²) in [5, 5.41) is 3.19. The number of carbonyl (C=O) groups is 1. The van der Waals surface area contributed by atoms with Gasteiger partial charge in [-0.1, -0.05) is 30.3 Å².